The average Bonchev–Trinajstić information content (AvgIpc) is 2.98. The van der Waals surface area contributed by atoms with Gasteiger partial charge in [0.05, 0.1) is 0 Å². The second-order valence-electron chi connectivity index (χ2n) is 5.73. The first kappa shape index (κ1) is 14.2. The van der Waals surface area contributed by atoms with Crippen LogP contribution in [-0.2, 0) is 0 Å². The van der Waals surface area contributed by atoms with Crippen molar-refractivity contribution < 1.29 is 4.52 Å². The number of nitrogens with zero attached hydrogens (tertiary/aromatic N) is 3. The minimum atomic E-state index is 0.394. The molecular formula is C16H22N4O. The molecule has 21 heavy (non-hydrogen) atoms. The summed E-state index contributed by atoms with van der Waals surface area (Å²) in [6, 6.07) is 4.58. The van der Waals surface area contributed by atoms with E-state index in [1.807, 2.05) is 19.1 Å². The molecule has 5 heteroatoms. The Hall–Kier alpha value is -1.75. The van der Waals surface area contributed by atoms with Crippen LogP contribution in [0.4, 0.5) is 0 Å². The van der Waals surface area contributed by atoms with Gasteiger partial charge in [0, 0.05) is 18.2 Å². The van der Waals surface area contributed by atoms with Gasteiger partial charge in [-0.05, 0) is 50.8 Å². The van der Waals surface area contributed by atoms with Crippen molar-refractivity contribution in [3.05, 3.63) is 29.8 Å². The zero-order valence-corrected chi connectivity index (χ0v) is 12.7. The largest absolute Gasteiger partial charge is 0.339 e. The van der Waals surface area contributed by atoms with Crippen molar-refractivity contribution in [2.45, 2.75) is 51.5 Å². The van der Waals surface area contributed by atoms with Crippen LogP contribution in [0.2, 0.25) is 0 Å². The van der Waals surface area contributed by atoms with E-state index in [1.165, 1.54) is 12.8 Å². The second kappa shape index (κ2) is 6.35. The van der Waals surface area contributed by atoms with Crippen LogP contribution in [0.5, 0.6) is 0 Å². The molecule has 1 N–H and O–H groups in total. The third-order valence-electron chi connectivity index (χ3n) is 4.23. The van der Waals surface area contributed by atoms with E-state index in [1.54, 1.807) is 6.20 Å². The van der Waals surface area contributed by atoms with E-state index in [4.69, 9.17) is 4.52 Å². The first-order chi connectivity index (χ1) is 10.3. The van der Waals surface area contributed by atoms with E-state index in [0.717, 1.165) is 36.5 Å². The maximum absolute atomic E-state index is 5.49. The Bertz CT molecular complexity index is 587. The summed E-state index contributed by atoms with van der Waals surface area (Å²) in [6.07, 6.45) is 6.35. The highest BCUT2D eigenvalue weighted by Crippen LogP contribution is 2.32. The molecule has 0 radical (unpaired) electrons. The Kier molecular flexibility index (Phi) is 4.29. The molecule has 2 aromatic rings. The average molecular weight is 286 g/mol. The molecule has 0 saturated heterocycles. The molecule has 5 nitrogen and oxygen atoms in total. The van der Waals surface area contributed by atoms with E-state index in [2.05, 4.69) is 27.4 Å². The second-order valence-corrected chi connectivity index (χ2v) is 5.73. The smallest absolute Gasteiger partial charge is 0.230 e. The van der Waals surface area contributed by atoms with Crippen LogP contribution in [0.15, 0.2) is 22.9 Å². The molecule has 0 aliphatic heterocycles. The van der Waals surface area contributed by atoms with Crippen LogP contribution in [0.25, 0.3) is 11.5 Å². The summed E-state index contributed by atoms with van der Waals surface area (Å²) < 4.78 is 5.49. The maximum Gasteiger partial charge on any atom is 0.230 e. The van der Waals surface area contributed by atoms with E-state index in [0.29, 0.717) is 17.8 Å². The normalized spacial score (nSPS) is 22.4. The van der Waals surface area contributed by atoms with Crippen molar-refractivity contribution in [3.63, 3.8) is 0 Å². The molecule has 0 atom stereocenters. The number of aromatic nitrogens is 3. The summed E-state index contributed by atoms with van der Waals surface area (Å²) in [5.74, 6) is 1.77. The third-order valence-corrected chi connectivity index (χ3v) is 4.23. The molecule has 2 heterocycles. The van der Waals surface area contributed by atoms with Gasteiger partial charge >= 0.3 is 0 Å². The topological polar surface area (TPSA) is 63.8 Å². The Morgan fingerprint density at radius 2 is 2.10 bits per heavy atom. The van der Waals surface area contributed by atoms with Gasteiger partial charge in [0.1, 0.15) is 5.69 Å². The summed E-state index contributed by atoms with van der Waals surface area (Å²) >= 11 is 0. The van der Waals surface area contributed by atoms with Gasteiger partial charge in [-0.1, -0.05) is 18.1 Å². The molecule has 112 valence electrons. The van der Waals surface area contributed by atoms with Crippen LogP contribution in [-0.4, -0.2) is 27.7 Å². The Morgan fingerprint density at radius 3 is 2.81 bits per heavy atom. The molecule has 0 unspecified atom stereocenters. The van der Waals surface area contributed by atoms with Crippen molar-refractivity contribution in [3.8, 4) is 11.5 Å². The van der Waals surface area contributed by atoms with E-state index in [9.17, 15) is 0 Å². The van der Waals surface area contributed by atoms with Gasteiger partial charge in [0.2, 0.25) is 11.7 Å². The first-order valence-corrected chi connectivity index (χ1v) is 7.77. The third kappa shape index (κ3) is 3.13. The monoisotopic (exact) mass is 286 g/mol. The van der Waals surface area contributed by atoms with Gasteiger partial charge in [-0.15, -0.1) is 0 Å². The number of aryl methyl sites for hydroxylation is 1. The highest BCUT2D eigenvalue weighted by Gasteiger charge is 2.26. The van der Waals surface area contributed by atoms with E-state index in [-0.39, 0.29) is 0 Å². The summed E-state index contributed by atoms with van der Waals surface area (Å²) in [6.45, 7) is 5.21. The Labute approximate surface area is 125 Å². The molecule has 1 aliphatic rings. The predicted octanol–water partition coefficient (Wildman–Crippen LogP) is 3.08. The van der Waals surface area contributed by atoms with Crippen molar-refractivity contribution in [2.75, 3.05) is 6.54 Å². The molecule has 0 aromatic carbocycles. The van der Waals surface area contributed by atoms with E-state index >= 15 is 0 Å². The van der Waals surface area contributed by atoms with Crippen molar-refractivity contribution in [1.29, 1.82) is 0 Å². The fourth-order valence-electron chi connectivity index (χ4n) is 3.05. The van der Waals surface area contributed by atoms with E-state index < -0.39 is 0 Å². The summed E-state index contributed by atoms with van der Waals surface area (Å²) in [4.78, 5) is 8.92. The number of nitrogens with one attached hydrogen (secondary N) is 1. The molecule has 1 saturated carbocycles. The lowest BCUT2D eigenvalue weighted by Gasteiger charge is -2.26. The van der Waals surface area contributed by atoms with Gasteiger partial charge in [-0.2, -0.15) is 4.98 Å². The number of hydrogen-bond acceptors (Lipinski definition) is 5. The molecule has 0 amide bonds. The highest BCUT2D eigenvalue weighted by atomic mass is 16.5. The summed E-state index contributed by atoms with van der Waals surface area (Å²) in [5, 5.41) is 7.63. The van der Waals surface area contributed by atoms with Crippen LogP contribution in [0.3, 0.4) is 0 Å². The number of pyridine rings is 1. The quantitative estimate of drug-likeness (QED) is 0.935. The minimum absolute atomic E-state index is 0.394. The molecule has 1 aliphatic carbocycles. The number of hydrogen-bond donors (Lipinski definition) is 1. The molecular weight excluding hydrogens is 264 g/mol. The van der Waals surface area contributed by atoms with Crippen LogP contribution in [0.1, 0.15) is 50.0 Å². The fraction of sp³-hybridized carbons (Fsp3) is 0.562. The molecule has 0 bridgehead atoms. The first-order valence-electron chi connectivity index (χ1n) is 7.77. The maximum atomic E-state index is 5.49. The van der Waals surface area contributed by atoms with Gasteiger partial charge in [0.15, 0.2) is 0 Å². The summed E-state index contributed by atoms with van der Waals surface area (Å²) in [5.41, 5.74) is 1.88. The van der Waals surface area contributed by atoms with Crippen LogP contribution < -0.4 is 5.32 Å². The van der Waals surface area contributed by atoms with Crippen molar-refractivity contribution in [1.82, 2.24) is 20.4 Å². The highest BCUT2D eigenvalue weighted by molar-refractivity contribution is 5.53. The van der Waals surface area contributed by atoms with Gasteiger partial charge in [-0.25, -0.2) is 0 Å². The van der Waals surface area contributed by atoms with Gasteiger partial charge in [-0.3, -0.25) is 4.98 Å². The number of rotatable bonds is 4. The van der Waals surface area contributed by atoms with Crippen molar-refractivity contribution in [2.24, 2.45) is 0 Å². The molecule has 2 aromatic heterocycles. The summed E-state index contributed by atoms with van der Waals surface area (Å²) in [7, 11) is 0. The Balaban J connectivity index is 1.70. The lowest BCUT2D eigenvalue weighted by Crippen LogP contribution is -2.32. The van der Waals surface area contributed by atoms with Crippen LogP contribution >= 0.6 is 0 Å². The SMILES string of the molecule is CCNC1CCC(c2nc(-c3ncccc3C)no2)CC1. The van der Waals surface area contributed by atoms with Gasteiger partial charge in [0.25, 0.3) is 0 Å². The Morgan fingerprint density at radius 1 is 1.29 bits per heavy atom. The standard InChI is InChI=1S/C16H22N4O/c1-3-17-13-8-6-12(7-9-13)16-19-15(20-21-16)14-11(2)5-4-10-18-14/h4-5,10,12-13,17H,3,6-9H2,1-2H3. The van der Waals surface area contributed by atoms with Gasteiger partial charge < -0.3 is 9.84 Å². The predicted molar refractivity (Wildman–Crippen MR) is 80.9 cm³/mol. The molecule has 1 fully saturated rings. The fourth-order valence-corrected chi connectivity index (χ4v) is 3.05. The van der Waals surface area contributed by atoms with Crippen LogP contribution in [0, 0.1) is 6.92 Å². The zero-order chi connectivity index (χ0) is 14.7. The zero-order valence-electron chi connectivity index (χ0n) is 12.7. The lowest BCUT2D eigenvalue weighted by atomic mass is 9.86. The molecule has 0 spiro atoms. The molecule has 3 rings (SSSR count). The minimum Gasteiger partial charge on any atom is -0.339 e. The lowest BCUT2D eigenvalue weighted by molar-refractivity contribution is 0.284. The van der Waals surface area contributed by atoms with Crippen molar-refractivity contribution >= 4 is 0 Å².